The summed E-state index contributed by atoms with van der Waals surface area (Å²) in [4.78, 5) is 29.7. The van der Waals surface area contributed by atoms with Crippen LogP contribution in [0.15, 0.2) is 87.0 Å². The molecule has 5 rings (SSSR count). The Labute approximate surface area is 217 Å². The molecule has 0 saturated heterocycles. The van der Waals surface area contributed by atoms with Crippen molar-refractivity contribution in [1.29, 1.82) is 0 Å². The lowest BCUT2D eigenvalue weighted by Gasteiger charge is -2.12. The summed E-state index contributed by atoms with van der Waals surface area (Å²) in [5, 5.41) is 18.0. The fraction of sp³-hybridized carbons (Fsp3) is 0.222. The van der Waals surface area contributed by atoms with E-state index < -0.39 is 4.92 Å². The van der Waals surface area contributed by atoms with Crippen molar-refractivity contribution in [3.63, 3.8) is 0 Å². The van der Waals surface area contributed by atoms with Crippen LogP contribution in [0.2, 0.25) is 0 Å². The van der Waals surface area contributed by atoms with Crippen molar-refractivity contribution >= 4 is 28.9 Å². The van der Waals surface area contributed by atoms with Crippen molar-refractivity contribution in [3.8, 4) is 16.9 Å². The first-order chi connectivity index (χ1) is 17.9. The summed E-state index contributed by atoms with van der Waals surface area (Å²) in [6.45, 7) is 1.86. The van der Waals surface area contributed by atoms with Gasteiger partial charge in [0.05, 0.1) is 22.0 Å². The van der Waals surface area contributed by atoms with Gasteiger partial charge in [0.2, 0.25) is 4.80 Å². The highest BCUT2D eigenvalue weighted by atomic mass is 32.1. The number of nitro benzene ring substituents is 1. The molecule has 2 heterocycles. The first kappa shape index (κ1) is 24.4. The molecule has 188 valence electrons. The van der Waals surface area contributed by atoms with Gasteiger partial charge < -0.3 is 0 Å². The van der Waals surface area contributed by atoms with E-state index in [1.807, 2.05) is 62.0 Å². The number of hydrogen-bond donors (Lipinski definition) is 0. The van der Waals surface area contributed by atoms with Gasteiger partial charge in [-0.3, -0.25) is 19.6 Å². The Morgan fingerprint density at radius 2 is 1.95 bits per heavy atom. The molecule has 9 nitrogen and oxygen atoms in total. The number of thiazole rings is 1. The molecule has 0 aliphatic heterocycles. The van der Waals surface area contributed by atoms with E-state index in [2.05, 4.69) is 12.2 Å². The molecular weight excluding hydrogens is 488 g/mol. The lowest BCUT2D eigenvalue weighted by Crippen LogP contribution is -2.20. The monoisotopic (exact) mass is 514 g/mol. The van der Waals surface area contributed by atoms with Crippen molar-refractivity contribution in [2.24, 2.45) is 23.1 Å². The summed E-state index contributed by atoms with van der Waals surface area (Å²) in [6, 6.07) is 15.9. The number of para-hydroxylation sites is 1. The molecule has 0 N–H and O–H groups in total. The zero-order chi connectivity index (χ0) is 25.9. The van der Waals surface area contributed by atoms with Crippen LogP contribution in [0, 0.1) is 23.0 Å². The molecule has 2 aromatic carbocycles. The predicted octanol–water partition coefficient (Wildman–Crippen LogP) is 5.35. The molecule has 2 aromatic heterocycles. The summed E-state index contributed by atoms with van der Waals surface area (Å²) in [6.07, 6.45) is 9.16. The van der Waals surface area contributed by atoms with E-state index in [4.69, 9.17) is 10.1 Å². The van der Waals surface area contributed by atoms with Crippen LogP contribution in [-0.4, -0.2) is 25.2 Å². The number of rotatable bonds is 6. The molecule has 4 aromatic rings. The molecule has 1 atom stereocenters. The first-order valence-electron chi connectivity index (χ1n) is 12.0. The van der Waals surface area contributed by atoms with Gasteiger partial charge in [0, 0.05) is 36.3 Å². The summed E-state index contributed by atoms with van der Waals surface area (Å²) >= 11 is 1.34. The lowest BCUT2D eigenvalue weighted by molar-refractivity contribution is -0.384. The highest BCUT2D eigenvalue weighted by Crippen LogP contribution is 2.25. The lowest BCUT2D eigenvalue weighted by atomic mass is 9.96. The third-order valence-corrected chi connectivity index (χ3v) is 7.29. The van der Waals surface area contributed by atoms with Gasteiger partial charge >= 0.3 is 0 Å². The molecule has 0 fully saturated rings. The number of nitro groups is 1. The maximum absolute atomic E-state index is 13.5. The molecule has 1 aliphatic carbocycles. The Morgan fingerprint density at radius 3 is 2.68 bits per heavy atom. The highest BCUT2D eigenvalue weighted by molar-refractivity contribution is 7.07. The van der Waals surface area contributed by atoms with Crippen LogP contribution < -0.4 is 10.4 Å². The number of hydrogen-bond acceptors (Lipinski definition) is 6. The van der Waals surface area contributed by atoms with E-state index in [9.17, 15) is 14.9 Å². The van der Waals surface area contributed by atoms with E-state index in [-0.39, 0.29) is 17.2 Å². The Bertz CT molecular complexity index is 1640. The van der Waals surface area contributed by atoms with Gasteiger partial charge in [-0.15, -0.1) is 11.3 Å². The van der Waals surface area contributed by atoms with E-state index in [1.165, 1.54) is 23.5 Å². The standard InChI is InChI=1S/C27H26N6O3S/c1-19-25(26(34)32(30(19)2)22-13-7-4-8-14-22)29-27-31(28-17-20-10-5-3-6-11-20)24(18-37-27)21-12-9-15-23(16-21)33(35)36/h3-5,7-9,12-18,20H,6,10-11H2,1-2H3. The van der Waals surface area contributed by atoms with Crippen molar-refractivity contribution in [2.75, 3.05) is 0 Å². The fourth-order valence-electron chi connectivity index (χ4n) is 4.36. The summed E-state index contributed by atoms with van der Waals surface area (Å²) < 4.78 is 5.06. The van der Waals surface area contributed by atoms with Gasteiger partial charge in [-0.2, -0.15) is 5.10 Å². The normalized spacial score (nSPS) is 16.1. The minimum Gasteiger partial charge on any atom is -0.283 e. The zero-order valence-corrected chi connectivity index (χ0v) is 21.3. The van der Waals surface area contributed by atoms with Crippen LogP contribution >= 0.6 is 11.3 Å². The number of non-ortho nitro benzene ring substituents is 1. The van der Waals surface area contributed by atoms with Crippen LogP contribution in [0.5, 0.6) is 0 Å². The number of aromatic nitrogens is 3. The predicted molar refractivity (Wildman–Crippen MR) is 146 cm³/mol. The minimum absolute atomic E-state index is 0.000197. The van der Waals surface area contributed by atoms with Gasteiger partial charge in [-0.25, -0.2) is 14.4 Å². The molecule has 0 radical (unpaired) electrons. The third kappa shape index (κ3) is 4.88. The molecule has 0 spiro atoms. The second-order valence-corrected chi connectivity index (χ2v) is 9.69. The SMILES string of the molecule is Cc1c(N=c2scc(-c3cccc([N+](=O)[O-])c3)n2N=CC2CC=CCC2)c(=O)n(-c2ccccc2)n1C. The second-order valence-electron chi connectivity index (χ2n) is 8.85. The highest BCUT2D eigenvalue weighted by Gasteiger charge is 2.18. The quantitative estimate of drug-likeness (QED) is 0.150. The Balaban J connectivity index is 1.67. The van der Waals surface area contributed by atoms with Crippen molar-refractivity contribution in [2.45, 2.75) is 26.2 Å². The smallest absolute Gasteiger partial charge is 0.283 e. The third-order valence-electron chi connectivity index (χ3n) is 6.47. The zero-order valence-electron chi connectivity index (χ0n) is 20.5. The van der Waals surface area contributed by atoms with Crippen LogP contribution in [0.3, 0.4) is 0 Å². The van der Waals surface area contributed by atoms with Gasteiger partial charge in [-0.05, 0) is 44.2 Å². The van der Waals surface area contributed by atoms with Gasteiger partial charge in [-0.1, -0.05) is 42.5 Å². The van der Waals surface area contributed by atoms with Gasteiger partial charge in [0.15, 0.2) is 5.69 Å². The fourth-order valence-corrected chi connectivity index (χ4v) is 5.20. The summed E-state index contributed by atoms with van der Waals surface area (Å²) in [7, 11) is 1.83. The van der Waals surface area contributed by atoms with Crippen molar-refractivity contribution in [3.05, 3.63) is 103 Å². The first-order valence-corrected chi connectivity index (χ1v) is 12.9. The molecule has 1 unspecified atom stereocenters. The molecule has 0 amide bonds. The Hall–Kier alpha value is -4.31. The second kappa shape index (κ2) is 10.4. The molecule has 1 aliphatic rings. The molecule has 0 bridgehead atoms. The van der Waals surface area contributed by atoms with Crippen LogP contribution in [0.4, 0.5) is 11.4 Å². The summed E-state index contributed by atoms with van der Waals surface area (Å²) in [5.74, 6) is 0.289. The molecule has 10 heteroatoms. The van der Waals surface area contributed by atoms with Crippen LogP contribution in [0.25, 0.3) is 16.9 Å². The number of nitrogens with zero attached hydrogens (tertiary/aromatic N) is 6. The van der Waals surface area contributed by atoms with Crippen molar-refractivity contribution < 1.29 is 4.92 Å². The van der Waals surface area contributed by atoms with E-state index in [0.29, 0.717) is 27.4 Å². The average Bonchev–Trinajstić information content (AvgIpc) is 3.42. The van der Waals surface area contributed by atoms with Gasteiger partial charge in [0.1, 0.15) is 0 Å². The largest absolute Gasteiger partial charge is 0.297 e. The Morgan fingerprint density at radius 1 is 1.14 bits per heavy atom. The number of benzene rings is 2. The van der Waals surface area contributed by atoms with E-state index in [0.717, 1.165) is 24.9 Å². The maximum atomic E-state index is 13.5. The maximum Gasteiger partial charge on any atom is 0.297 e. The van der Waals surface area contributed by atoms with E-state index >= 15 is 0 Å². The van der Waals surface area contributed by atoms with Crippen molar-refractivity contribution in [1.82, 2.24) is 14.0 Å². The summed E-state index contributed by atoms with van der Waals surface area (Å²) in [5.41, 5.74) is 2.88. The number of allylic oxidation sites excluding steroid dienone is 2. The molecule has 37 heavy (non-hydrogen) atoms. The average molecular weight is 515 g/mol. The Kier molecular flexibility index (Phi) is 6.82. The van der Waals surface area contributed by atoms with Crippen LogP contribution in [-0.2, 0) is 7.05 Å². The molecule has 0 saturated carbocycles. The van der Waals surface area contributed by atoms with Gasteiger partial charge in [0.25, 0.3) is 11.2 Å². The van der Waals surface area contributed by atoms with E-state index in [1.54, 1.807) is 20.1 Å². The topological polar surface area (TPSA) is 99.7 Å². The minimum atomic E-state index is -0.414. The van der Waals surface area contributed by atoms with Crippen LogP contribution in [0.1, 0.15) is 25.0 Å². The molecular formula is C27H26N6O3S.